The number of ether oxygens (including phenoxy) is 1. The molecule has 1 rings (SSSR count). The molecule has 1 aromatic rings. The molecular formula is C13H17FN2O4. The number of hydrogen-bond donors (Lipinski definition) is 2. The van der Waals surface area contributed by atoms with Crippen molar-refractivity contribution in [3.05, 3.63) is 29.6 Å². The summed E-state index contributed by atoms with van der Waals surface area (Å²) >= 11 is 0. The monoisotopic (exact) mass is 284 g/mol. The first-order valence-electron chi connectivity index (χ1n) is 5.92. The number of benzene rings is 1. The molecule has 0 bridgehead atoms. The zero-order chi connectivity index (χ0) is 15.3. The third kappa shape index (κ3) is 3.92. The summed E-state index contributed by atoms with van der Waals surface area (Å²) in [5.41, 5.74) is -0.277. The van der Waals surface area contributed by atoms with Crippen LogP contribution in [-0.2, 0) is 4.74 Å². The lowest BCUT2D eigenvalue weighted by Crippen LogP contribution is -2.40. The van der Waals surface area contributed by atoms with E-state index in [0.717, 1.165) is 18.2 Å². The van der Waals surface area contributed by atoms with Gasteiger partial charge >= 0.3 is 12.0 Å². The van der Waals surface area contributed by atoms with E-state index in [1.54, 1.807) is 6.92 Å². The lowest BCUT2D eigenvalue weighted by atomic mass is 10.2. The molecule has 0 fully saturated rings. The summed E-state index contributed by atoms with van der Waals surface area (Å²) in [5.74, 6) is -1.89. The largest absolute Gasteiger partial charge is 0.478 e. The van der Waals surface area contributed by atoms with Gasteiger partial charge in [-0.05, 0) is 25.1 Å². The summed E-state index contributed by atoms with van der Waals surface area (Å²) < 4.78 is 18.5. The second-order valence-electron chi connectivity index (χ2n) is 4.35. The van der Waals surface area contributed by atoms with Crippen molar-refractivity contribution < 1.29 is 23.8 Å². The fourth-order valence-corrected chi connectivity index (χ4v) is 1.51. The number of aromatic carboxylic acids is 1. The van der Waals surface area contributed by atoms with E-state index in [1.165, 1.54) is 19.1 Å². The number of nitrogens with one attached hydrogen (secondary N) is 1. The lowest BCUT2D eigenvalue weighted by molar-refractivity contribution is 0.0697. The Morgan fingerprint density at radius 2 is 2.15 bits per heavy atom. The second-order valence-corrected chi connectivity index (χ2v) is 4.35. The van der Waals surface area contributed by atoms with Crippen molar-refractivity contribution in [3.8, 4) is 0 Å². The molecule has 110 valence electrons. The quantitative estimate of drug-likeness (QED) is 0.867. The number of urea groups is 1. The Balaban J connectivity index is 2.84. The van der Waals surface area contributed by atoms with Crippen LogP contribution in [0.3, 0.4) is 0 Å². The molecule has 0 saturated heterocycles. The minimum atomic E-state index is -1.19. The number of likely N-dealkylation sites (N-methyl/N-ethyl adjacent to an activating group) is 1. The fourth-order valence-electron chi connectivity index (χ4n) is 1.51. The molecule has 0 aliphatic rings. The highest BCUT2D eigenvalue weighted by Gasteiger charge is 2.17. The van der Waals surface area contributed by atoms with Gasteiger partial charge in [0.25, 0.3) is 0 Å². The van der Waals surface area contributed by atoms with E-state index in [9.17, 15) is 14.0 Å². The Morgan fingerprint density at radius 1 is 1.50 bits per heavy atom. The van der Waals surface area contributed by atoms with E-state index in [2.05, 4.69) is 5.32 Å². The molecule has 1 unspecified atom stereocenters. The Labute approximate surface area is 116 Å². The van der Waals surface area contributed by atoms with Crippen LogP contribution in [0.25, 0.3) is 0 Å². The zero-order valence-corrected chi connectivity index (χ0v) is 11.5. The number of carbonyl (C=O) groups excluding carboxylic acids is 1. The number of nitrogens with zero attached hydrogens (tertiary/aromatic N) is 1. The SMILES string of the molecule is COCC(C)N(C)C(=O)Nc1cc(C(=O)O)ccc1F. The second kappa shape index (κ2) is 6.85. The predicted octanol–water partition coefficient (Wildman–Crippen LogP) is 2.02. The third-order valence-corrected chi connectivity index (χ3v) is 2.84. The molecule has 20 heavy (non-hydrogen) atoms. The number of halogens is 1. The third-order valence-electron chi connectivity index (χ3n) is 2.84. The minimum absolute atomic E-state index is 0.103. The average Bonchev–Trinajstić information content (AvgIpc) is 2.40. The number of anilines is 1. The van der Waals surface area contributed by atoms with Crippen LogP contribution in [0.5, 0.6) is 0 Å². The van der Waals surface area contributed by atoms with Gasteiger partial charge in [0.1, 0.15) is 5.82 Å². The predicted molar refractivity (Wildman–Crippen MR) is 71.5 cm³/mol. The maximum absolute atomic E-state index is 13.6. The Bertz CT molecular complexity index is 507. The highest BCUT2D eigenvalue weighted by Crippen LogP contribution is 2.17. The maximum atomic E-state index is 13.6. The fraction of sp³-hybridized carbons (Fsp3) is 0.385. The Hall–Kier alpha value is -2.15. The summed E-state index contributed by atoms with van der Waals surface area (Å²) in [6, 6.07) is 2.45. The first-order valence-corrected chi connectivity index (χ1v) is 5.92. The van der Waals surface area contributed by atoms with Crippen molar-refractivity contribution in [3.63, 3.8) is 0 Å². The number of rotatable bonds is 5. The van der Waals surface area contributed by atoms with Gasteiger partial charge in [0.15, 0.2) is 0 Å². The van der Waals surface area contributed by atoms with E-state index in [1.807, 2.05) is 0 Å². The topological polar surface area (TPSA) is 78.9 Å². The molecule has 0 saturated carbocycles. The van der Waals surface area contributed by atoms with E-state index in [4.69, 9.17) is 9.84 Å². The van der Waals surface area contributed by atoms with Crippen molar-refractivity contribution in [2.75, 3.05) is 26.1 Å². The molecule has 0 aliphatic carbocycles. The molecule has 0 spiro atoms. The number of hydrogen-bond acceptors (Lipinski definition) is 3. The highest BCUT2D eigenvalue weighted by atomic mass is 19.1. The summed E-state index contributed by atoms with van der Waals surface area (Å²) in [7, 11) is 3.05. The molecule has 1 aromatic carbocycles. The van der Waals surface area contributed by atoms with Crippen LogP contribution in [0, 0.1) is 5.82 Å². The molecule has 2 amide bonds. The van der Waals surface area contributed by atoms with Gasteiger partial charge in [0.2, 0.25) is 0 Å². The maximum Gasteiger partial charge on any atom is 0.335 e. The van der Waals surface area contributed by atoms with Crippen molar-refractivity contribution in [1.29, 1.82) is 0 Å². The van der Waals surface area contributed by atoms with Crippen LogP contribution in [0.1, 0.15) is 17.3 Å². The molecule has 0 aliphatic heterocycles. The first kappa shape index (κ1) is 15.9. The van der Waals surface area contributed by atoms with Crippen molar-refractivity contribution in [2.45, 2.75) is 13.0 Å². The number of carboxylic acids is 1. The Kier molecular flexibility index (Phi) is 5.45. The van der Waals surface area contributed by atoms with E-state index in [-0.39, 0.29) is 17.3 Å². The zero-order valence-electron chi connectivity index (χ0n) is 11.5. The molecule has 0 aromatic heterocycles. The minimum Gasteiger partial charge on any atom is -0.478 e. The molecule has 7 heteroatoms. The number of methoxy groups -OCH3 is 1. The lowest BCUT2D eigenvalue weighted by Gasteiger charge is -2.24. The first-order chi connectivity index (χ1) is 9.36. The van der Waals surface area contributed by atoms with Crippen molar-refractivity contribution in [1.82, 2.24) is 4.90 Å². The molecule has 0 radical (unpaired) electrons. The van der Waals surface area contributed by atoms with E-state index >= 15 is 0 Å². The van der Waals surface area contributed by atoms with Gasteiger partial charge in [-0.2, -0.15) is 0 Å². The van der Waals surface area contributed by atoms with Crippen LogP contribution >= 0.6 is 0 Å². The summed E-state index contributed by atoms with van der Waals surface area (Å²) in [6.07, 6.45) is 0. The number of amides is 2. The van der Waals surface area contributed by atoms with Crippen LogP contribution in [0.4, 0.5) is 14.9 Å². The molecular weight excluding hydrogens is 267 g/mol. The van der Waals surface area contributed by atoms with Crippen molar-refractivity contribution >= 4 is 17.7 Å². The van der Waals surface area contributed by atoms with Gasteiger partial charge in [0, 0.05) is 14.2 Å². The van der Waals surface area contributed by atoms with Gasteiger partial charge in [-0.15, -0.1) is 0 Å². The smallest absolute Gasteiger partial charge is 0.335 e. The summed E-state index contributed by atoms with van der Waals surface area (Å²) in [6.45, 7) is 2.11. The number of carboxylic acid groups (broad SMARTS) is 1. The van der Waals surface area contributed by atoms with Crippen molar-refractivity contribution in [2.24, 2.45) is 0 Å². The van der Waals surface area contributed by atoms with E-state index < -0.39 is 17.8 Å². The van der Waals surface area contributed by atoms with Gasteiger partial charge in [0.05, 0.1) is 23.9 Å². The Morgan fingerprint density at radius 3 is 2.70 bits per heavy atom. The van der Waals surface area contributed by atoms with Gasteiger partial charge in [-0.1, -0.05) is 0 Å². The van der Waals surface area contributed by atoms with E-state index in [0.29, 0.717) is 6.61 Å². The highest BCUT2D eigenvalue weighted by molar-refractivity contribution is 5.93. The molecule has 1 atom stereocenters. The van der Waals surface area contributed by atoms with Crippen LogP contribution in [0.2, 0.25) is 0 Å². The van der Waals surface area contributed by atoms with Gasteiger partial charge in [-0.25, -0.2) is 14.0 Å². The van der Waals surface area contributed by atoms with Crippen LogP contribution in [-0.4, -0.2) is 48.8 Å². The normalized spacial score (nSPS) is 11.8. The van der Waals surface area contributed by atoms with Gasteiger partial charge in [-0.3, -0.25) is 0 Å². The average molecular weight is 284 g/mol. The number of carbonyl (C=O) groups is 2. The molecule has 6 nitrogen and oxygen atoms in total. The van der Waals surface area contributed by atoms with Gasteiger partial charge < -0.3 is 20.1 Å². The summed E-state index contributed by atoms with van der Waals surface area (Å²) in [5, 5.41) is 11.2. The van der Waals surface area contributed by atoms with Crippen LogP contribution in [0.15, 0.2) is 18.2 Å². The molecule has 0 heterocycles. The van der Waals surface area contributed by atoms with Crippen LogP contribution < -0.4 is 5.32 Å². The molecule has 2 N–H and O–H groups in total. The standard InChI is InChI=1S/C13H17FN2O4/c1-8(7-20-3)16(2)13(19)15-11-6-9(12(17)18)4-5-10(11)14/h4-6,8H,7H2,1-3H3,(H,15,19)(H,17,18). The summed E-state index contributed by atoms with van der Waals surface area (Å²) in [4.78, 5) is 24.1.